The molecule has 0 fully saturated rings. The van der Waals surface area contributed by atoms with E-state index < -0.39 is 0 Å². The van der Waals surface area contributed by atoms with Crippen LogP contribution in [0, 0.1) is 5.41 Å². The maximum absolute atomic E-state index is 5.40. The summed E-state index contributed by atoms with van der Waals surface area (Å²) >= 11 is 0. The molecular weight excluding hydrogens is 354 g/mol. The van der Waals surface area contributed by atoms with Gasteiger partial charge in [-0.3, -0.25) is 0 Å². The summed E-state index contributed by atoms with van der Waals surface area (Å²) < 4.78 is 15.8. The van der Waals surface area contributed by atoms with E-state index in [2.05, 4.69) is 24.5 Å². The van der Waals surface area contributed by atoms with Gasteiger partial charge in [0.15, 0.2) is 5.96 Å². The van der Waals surface area contributed by atoms with Crippen LogP contribution in [0.25, 0.3) is 0 Å². The molecule has 1 heterocycles. The average Bonchev–Trinajstić information content (AvgIpc) is 3.22. The van der Waals surface area contributed by atoms with E-state index in [-0.39, 0.29) is 5.41 Å². The lowest BCUT2D eigenvalue weighted by Crippen LogP contribution is -2.43. The normalized spacial score (nSPS) is 12.1. The van der Waals surface area contributed by atoms with Crippen molar-refractivity contribution in [3.05, 3.63) is 54.0 Å². The van der Waals surface area contributed by atoms with Crippen molar-refractivity contribution in [3.8, 4) is 5.75 Å². The zero-order valence-corrected chi connectivity index (χ0v) is 17.5. The topological polar surface area (TPSA) is 68.0 Å². The summed E-state index contributed by atoms with van der Waals surface area (Å²) in [6.07, 6.45) is 3.49. The number of methoxy groups -OCH3 is 2. The van der Waals surface area contributed by atoms with E-state index in [1.807, 2.05) is 36.4 Å². The van der Waals surface area contributed by atoms with Gasteiger partial charge in [0.1, 0.15) is 11.5 Å². The molecule has 0 saturated carbocycles. The van der Waals surface area contributed by atoms with E-state index in [0.717, 1.165) is 55.6 Å². The highest BCUT2D eigenvalue weighted by molar-refractivity contribution is 5.79. The van der Waals surface area contributed by atoms with Gasteiger partial charge in [0.05, 0.1) is 19.9 Å². The molecule has 0 spiro atoms. The van der Waals surface area contributed by atoms with E-state index in [4.69, 9.17) is 18.9 Å². The fourth-order valence-corrected chi connectivity index (χ4v) is 2.62. The quantitative estimate of drug-likeness (QED) is 0.455. The van der Waals surface area contributed by atoms with Crippen molar-refractivity contribution in [2.45, 2.75) is 33.2 Å². The summed E-state index contributed by atoms with van der Waals surface area (Å²) in [4.78, 5) is 4.74. The van der Waals surface area contributed by atoms with Gasteiger partial charge < -0.3 is 24.5 Å². The van der Waals surface area contributed by atoms with Gasteiger partial charge in [0.25, 0.3) is 0 Å². The molecule has 1 aromatic heterocycles. The molecule has 0 unspecified atom stereocenters. The summed E-state index contributed by atoms with van der Waals surface area (Å²) in [7, 11) is 3.41. The molecule has 0 bridgehead atoms. The molecule has 0 aliphatic heterocycles. The average molecular weight is 388 g/mol. The smallest absolute Gasteiger partial charge is 0.191 e. The largest absolute Gasteiger partial charge is 0.497 e. The fraction of sp³-hybridized carbons (Fsp3) is 0.500. The van der Waals surface area contributed by atoms with E-state index in [0.29, 0.717) is 6.54 Å². The maximum Gasteiger partial charge on any atom is 0.191 e. The van der Waals surface area contributed by atoms with Crippen LogP contribution in [0.2, 0.25) is 0 Å². The SMILES string of the molecule is COCCC(C)(C)CNC(=NCc1ccc(OC)cc1)NCCc1ccco1. The highest BCUT2D eigenvalue weighted by Gasteiger charge is 2.18. The summed E-state index contributed by atoms with van der Waals surface area (Å²) in [6, 6.07) is 11.9. The molecule has 2 N–H and O–H groups in total. The first-order chi connectivity index (χ1) is 13.5. The van der Waals surface area contributed by atoms with Crippen LogP contribution in [0.4, 0.5) is 0 Å². The first-order valence-electron chi connectivity index (χ1n) is 9.69. The van der Waals surface area contributed by atoms with Gasteiger partial charge in [-0.05, 0) is 41.7 Å². The van der Waals surface area contributed by atoms with Crippen molar-refractivity contribution in [3.63, 3.8) is 0 Å². The summed E-state index contributed by atoms with van der Waals surface area (Å²) in [6.45, 7) is 7.36. The molecule has 28 heavy (non-hydrogen) atoms. The molecule has 0 radical (unpaired) electrons. The van der Waals surface area contributed by atoms with Gasteiger partial charge in [-0.25, -0.2) is 4.99 Å². The number of nitrogens with one attached hydrogen (secondary N) is 2. The third-order valence-electron chi connectivity index (χ3n) is 4.54. The van der Waals surface area contributed by atoms with E-state index >= 15 is 0 Å². The molecule has 0 aliphatic rings. The minimum atomic E-state index is 0.111. The van der Waals surface area contributed by atoms with Crippen LogP contribution in [0.5, 0.6) is 5.75 Å². The Kier molecular flexibility index (Phi) is 8.88. The lowest BCUT2D eigenvalue weighted by Gasteiger charge is -2.26. The molecule has 2 aromatic rings. The van der Waals surface area contributed by atoms with Crippen LogP contribution in [0.15, 0.2) is 52.1 Å². The molecule has 6 heteroatoms. The van der Waals surface area contributed by atoms with E-state index in [9.17, 15) is 0 Å². The van der Waals surface area contributed by atoms with Crippen LogP contribution in [0.1, 0.15) is 31.6 Å². The molecule has 0 amide bonds. The predicted octanol–water partition coefficient (Wildman–Crippen LogP) is 3.63. The van der Waals surface area contributed by atoms with Crippen LogP contribution in [-0.2, 0) is 17.7 Å². The van der Waals surface area contributed by atoms with Gasteiger partial charge in [-0.15, -0.1) is 0 Å². The number of aliphatic imine (C=N–C) groups is 1. The van der Waals surface area contributed by atoms with Gasteiger partial charge in [-0.1, -0.05) is 26.0 Å². The Morgan fingerprint density at radius 3 is 2.54 bits per heavy atom. The number of hydrogen-bond donors (Lipinski definition) is 2. The van der Waals surface area contributed by atoms with Gasteiger partial charge in [0, 0.05) is 33.2 Å². The van der Waals surface area contributed by atoms with Crippen molar-refractivity contribution in [2.24, 2.45) is 10.4 Å². The minimum Gasteiger partial charge on any atom is -0.497 e. The van der Waals surface area contributed by atoms with Crippen LogP contribution in [0.3, 0.4) is 0 Å². The van der Waals surface area contributed by atoms with Crippen LogP contribution < -0.4 is 15.4 Å². The number of hydrogen-bond acceptors (Lipinski definition) is 4. The zero-order chi connectivity index (χ0) is 20.2. The van der Waals surface area contributed by atoms with Crippen molar-refractivity contribution in [1.29, 1.82) is 0 Å². The number of ether oxygens (including phenoxy) is 2. The van der Waals surface area contributed by atoms with Crippen molar-refractivity contribution < 1.29 is 13.9 Å². The second-order valence-electron chi connectivity index (χ2n) is 7.53. The molecule has 0 atom stereocenters. The fourth-order valence-electron chi connectivity index (χ4n) is 2.62. The Bertz CT molecular complexity index is 694. The molecule has 0 aliphatic carbocycles. The third kappa shape index (κ3) is 8.05. The minimum absolute atomic E-state index is 0.111. The molecule has 1 aromatic carbocycles. The molecule has 6 nitrogen and oxygen atoms in total. The van der Waals surface area contributed by atoms with Gasteiger partial charge >= 0.3 is 0 Å². The lowest BCUT2D eigenvalue weighted by molar-refractivity contribution is 0.153. The number of furan rings is 1. The number of benzene rings is 1. The summed E-state index contributed by atoms with van der Waals surface area (Å²) in [5, 5.41) is 6.87. The highest BCUT2D eigenvalue weighted by atomic mass is 16.5. The van der Waals surface area contributed by atoms with Gasteiger partial charge in [-0.2, -0.15) is 0 Å². The summed E-state index contributed by atoms with van der Waals surface area (Å²) in [5.41, 5.74) is 1.24. The monoisotopic (exact) mass is 387 g/mol. The lowest BCUT2D eigenvalue weighted by atomic mass is 9.90. The van der Waals surface area contributed by atoms with Crippen LogP contribution in [-0.4, -0.2) is 39.9 Å². The highest BCUT2D eigenvalue weighted by Crippen LogP contribution is 2.18. The third-order valence-corrected chi connectivity index (χ3v) is 4.54. The maximum atomic E-state index is 5.40. The Hall–Kier alpha value is -2.47. The van der Waals surface area contributed by atoms with Crippen molar-refractivity contribution in [1.82, 2.24) is 10.6 Å². The summed E-state index contributed by atoms with van der Waals surface area (Å²) in [5.74, 6) is 2.61. The van der Waals surface area contributed by atoms with Crippen LogP contribution >= 0.6 is 0 Å². The second kappa shape index (κ2) is 11.4. The first-order valence-corrected chi connectivity index (χ1v) is 9.69. The Morgan fingerprint density at radius 1 is 1.11 bits per heavy atom. The van der Waals surface area contributed by atoms with Gasteiger partial charge in [0.2, 0.25) is 0 Å². The molecule has 2 rings (SSSR count). The van der Waals surface area contributed by atoms with Crippen molar-refractivity contribution in [2.75, 3.05) is 33.9 Å². The first kappa shape index (κ1) is 21.8. The molecule has 154 valence electrons. The zero-order valence-electron chi connectivity index (χ0n) is 17.5. The number of guanidine groups is 1. The molecule has 0 saturated heterocycles. The Labute approximate surface area is 168 Å². The predicted molar refractivity (Wildman–Crippen MR) is 113 cm³/mol. The second-order valence-corrected chi connectivity index (χ2v) is 7.53. The Balaban J connectivity index is 1.94. The van der Waals surface area contributed by atoms with E-state index in [1.165, 1.54) is 0 Å². The standard InChI is InChI=1S/C22H33N3O3/c1-22(2,12-15-26-3)17-25-21(23-13-11-20-6-5-14-28-20)24-16-18-7-9-19(27-4)10-8-18/h5-10,14H,11-13,15-17H2,1-4H3,(H2,23,24,25). The number of rotatable bonds is 11. The van der Waals surface area contributed by atoms with E-state index in [1.54, 1.807) is 20.5 Å². The van der Waals surface area contributed by atoms with Crippen molar-refractivity contribution >= 4 is 5.96 Å². The number of nitrogens with zero attached hydrogens (tertiary/aromatic N) is 1. The molecular formula is C22H33N3O3. The Morgan fingerprint density at radius 2 is 1.89 bits per heavy atom.